The molecule has 138 valence electrons. The van der Waals surface area contributed by atoms with Crippen LogP contribution in [0, 0.1) is 0 Å². The summed E-state index contributed by atoms with van der Waals surface area (Å²) >= 11 is 0. The fourth-order valence-electron chi connectivity index (χ4n) is 3.24. The fraction of sp³-hybridized carbons (Fsp3) is 0.875. The molecule has 0 aromatic heterocycles. The molecule has 0 radical (unpaired) electrons. The number of carbonyl (C=O) groups is 1. The Morgan fingerprint density at radius 3 is 2.25 bits per heavy atom. The van der Waals surface area contributed by atoms with Gasteiger partial charge < -0.3 is 21.2 Å². The molecule has 0 aliphatic carbocycles. The van der Waals surface area contributed by atoms with E-state index in [1.54, 1.807) is 0 Å². The van der Waals surface area contributed by atoms with Crippen molar-refractivity contribution in [2.75, 3.05) is 32.8 Å². The predicted molar refractivity (Wildman–Crippen MR) is 86.9 cm³/mol. The minimum Gasteiger partial charge on any atom is -0.870 e. The maximum Gasteiger partial charge on any atom is 1.00 e. The largest absolute Gasteiger partial charge is 1.00 e. The van der Waals surface area contributed by atoms with Crippen molar-refractivity contribution < 1.29 is 65.0 Å². The SMILES string of the molecule is CCCCCCCCCC1=[NH+]CC[N+]1(CCO)CC(=O)O.[Na+].[OH-].[OH-]. The summed E-state index contributed by atoms with van der Waals surface area (Å²) in [5.74, 6) is 0.323. The molecule has 1 heterocycles. The van der Waals surface area contributed by atoms with Crippen molar-refractivity contribution in [1.29, 1.82) is 0 Å². The summed E-state index contributed by atoms with van der Waals surface area (Å²) in [6.07, 6.45) is 9.76. The molecule has 1 atom stereocenters. The second-order valence-corrected chi connectivity index (χ2v) is 6.11. The number of aliphatic hydroxyl groups excluding tert-OH is 1. The van der Waals surface area contributed by atoms with Gasteiger partial charge in [-0.2, -0.15) is 4.99 Å². The van der Waals surface area contributed by atoms with Gasteiger partial charge in [-0.1, -0.05) is 45.4 Å². The van der Waals surface area contributed by atoms with Crippen LogP contribution in [0.3, 0.4) is 0 Å². The molecular formula is C16H34N2NaO5+. The Morgan fingerprint density at radius 1 is 1.12 bits per heavy atom. The summed E-state index contributed by atoms with van der Waals surface area (Å²) in [6.45, 7) is 4.45. The molecule has 8 heteroatoms. The molecule has 1 unspecified atom stereocenters. The number of quaternary nitrogens is 1. The number of hydrogen-bond donors (Lipinski definition) is 3. The summed E-state index contributed by atoms with van der Waals surface area (Å²) in [7, 11) is 0. The second-order valence-electron chi connectivity index (χ2n) is 6.11. The maximum absolute atomic E-state index is 11.1. The smallest absolute Gasteiger partial charge is 0.870 e. The minimum atomic E-state index is -0.788. The van der Waals surface area contributed by atoms with E-state index in [4.69, 9.17) is 5.11 Å². The van der Waals surface area contributed by atoms with Gasteiger partial charge >= 0.3 is 41.4 Å². The first kappa shape index (κ1) is 28.8. The van der Waals surface area contributed by atoms with E-state index in [-0.39, 0.29) is 53.7 Å². The summed E-state index contributed by atoms with van der Waals surface area (Å²) in [5.41, 5.74) is 0. The zero-order chi connectivity index (χ0) is 15.6. The number of amidine groups is 1. The van der Waals surface area contributed by atoms with E-state index in [9.17, 15) is 9.90 Å². The van der Waals surface area contributed by atoms with Crippen LogP contribution in [-0.4, -0.2) is 70.2 Å². The third kappa shape index (κ3) is 10.1. The number of aliphatic carboxylic acids is 1. The van der Waals surface area contributed by atoms with E-state index in [2.05, 4.69) is 11.9 Å². The molecule has 0 aromatic rings. The van der Waals surface area contributed by atoms with E-state index in [0.717, 1.165) is 31.8 Å². The van der Waals surface area contributed by atoms with Crippen molar-refractivity contribution in [3.8, 4) is 0 Å². The van der Waals surface area contributed by atoms with Crippen molar-refractivity contribution in [1.82, 2.24) is 0 Å². The van der Waals surface area contributed by atoms with Crippen LogP contribution < -0.4 is 34.5 Å². The number of carboxylic acids is 1. The Labute approximate surface area is 167 Å². The second kappa shape index (κ2) is 16.4. The van der Waals surface area contributed by atoms with Crippen molar-refractivity contribution in [2.24, 2.45) is 0 Å². The van der Waals surface area contributed by atoms with Crippen LogP contribution in [0.15, 0.2) is 0 Å². The molecule has 0 saturated carbocycles. The Hall–Kier alpha value is -0.0200. The molecule has 1 aliphatic rings. The zero-order valence-corrected chi connectivity index (χ0v) is 17.3. The summed E-state index contributed by atoms with van der Waals surface area (Å²) < 4.78 is 0.418. The van der Waals surface area contributed by atoms with Gasteiger partial charge in [0.1, 0.15) is 13.1 Å². The molecule has 0 aromatic carbocycles. The van der Waals surface area contributed by atoms with Crippen LogP contribution >= 0.6 is 0 Å². The first-order chi connectivity index (χ1) is 10.1. The zero-order valence-electron chi connectivity index (χ0n) is 15.3. The quantitative estimate of drug-likeness (QED) is 0.197. The van der Waals surface area contributed by atoms with Crippen molar-refractivity contribution in [2.45, 2.75) is 58.3 Å². The van der Waals surface area contributed by atoms with Gasteiger partial charge in [-0.3, -0.25) is 0 Å². The van der Waals surface area contributed by atoms with Gasteiger partial charge in [-0.15, -0.1) is 0 Å². The molecule has 0 amide bonds. The minimum absolute atomic E-state index is 0. The summed E-state index contributed by atoms with van der Waals surface area (Å²) in [6, 6.07) is 0. The number of rotatable bonds is 12. The number of aliphatic hydroxyl groups is 1. The number of carboxylic acid groups (broad SMARTS) is 1. The average molecular weight is 357 g/mol. The van der Waals surface area contributed by atoms with Gasteiger partial charge in [0.25, 0.3) is 0 Å². The fourth-order valence-corrected chi connectivity index (χ4v) is 3.24. The summed E-state index contributed by atoms with van der Waals surface area (Å²) in [5, 5.41) is 18.4. The first-order valence-electron chi connectivity index (χ1n) is 8.43. The molecule has 5 N–H and O–H groups in total. The van der Waals surface area contributed by atoms with Gasteiger partial charge in [0.15, 0.2) is 13.1 Å². The monoisotopic (exact) mass is 357 g/mol. The van der Waals surface area contributed by atoms with Gasteiger partial charge in [-0.25, -0.2) is 9.28 Å². The molecule has 7 nitrogen and oxygen atoms in total. The number of nitrogens with one attached hydrogen (secondary N) is 1. The molecular weight excluding hydrogens is 323 g/mol. The van der Waals surface area contributed by atoms with Gasteiger partial charge in [0.05, 0.1) is 13.0 Å². The van der Waals surface area contributed by atoms with E-state index in [0.29, 0.717) is 11.0 Å². The van der Waals surface area contributed by atoms with E-state index in [1.807, 2.05) is 0 Å². The molecule has 0 spiro atoms. The molecule has 24 heavy (non-hydrogen) atoms. The summed E-state index contributed by atoms with van der Waals surface area (Å²) in [4.78, 5) is 14.5. The maximum atomic E-state index is 11.1. The first-order valence-corrected chi connectivity index (χ1v) is 8.43. The van der Waals surface area contributed by atoms with Crippen molar-refractivity contribution in [3.05, 3.63) is 0 Å². The Balaban J connectivity index is -0.00000147. The topological polar surface area (TPSA) is 132 Å². The third-order valence-electron chi connectivity index (χ3n) is 4.42. The Kier molecular flexibility index (Phi) is 19.7. The molecule has 0 bridgehead atoms. The molecule has 1 aliphatic heterocycles. The van der Waals surface area contributed by atoms with Crippen LogP contribution in [0.2, 0.25) is 0 Å². The average Bonchev–Trinajstić information content (AvgIpc) is 2.80. The van der Waals surface area contributed by atoms with E-state index >= 15 is 0 Å². The van der Waals surface area contributed by atoms with Crippen LogP contribution in [0.5, 0.6) is 0 Å². The Morgan fingerprint density at radius 2 is 1.71 bits per heavy atom. The van der Waals surface area contributed by atoms with Crippen LogP contribution in [0.25, 0.3) is 0 Å². The van der Waals surface area contributed by atoms with Crippen LogP contribution in [0.4, 0.5) is 0 Å². The van der Waals surface area contributed by atoms with Gasteiger partial charge in [0.2, 0.25) is 0 Å². The van der Waals surface area contributed by atoms with E-state index in [1.165, 1.54) is 38.5 Å². The third-order valence-corrected chi connectivity index (χ3v) is 4.42. The predicted octanol–water partition coefficient (Wildman–Crippen LogP) is -2.84. The van der Waals surface area contributed by atoms with E-state index < -0.39 is 5.97 Å². The Bertz CT molecular complexity index is 355. The molecule has 1 rings (SSSR count). The molecule has 0 saturated heterocycles. The number of hydrogen-bond acceptors (Lipinski definition) is 4. The van der Waals surface area contributed by atoms with Gasteiger partial charge in [0, 0.05) is 0 Å². The van der Waals surface area contributed by atoms with Crippen molar-refractivity contribution >= 4 is 11.8 Å². The van der Waals surface area contributed by atoms with Gasteiger partial charge in [-0.05, 0) is 6.42 Å². The normalized spacial score (nSPS) is 18.8. The van der Waals surface area contributed by atoms with Crippen molar-refractivity contribution in [3.63, 3.8) is 0 Å². The molecule has 0 fully saturated rings. The van der Waals surface area contributed by atoms with Crippen LogP contribution in [-0.2, 0) is 4.79 Å². The number of nitrogens with zero attached hydrogens (tertiary/aromatic N) is 1. The number of unbranched alkanes of at least 4 members (excludes halogenated alkanes) is 6. The standard InChI is InChI=1S/C16H30N2O3.Na.2H2O/c1-2-3-4-5-6-7-8-9-15-17-10-11-18(15,12-13-19)14-16(20)21;;;/h19H,2-14H2,1H3;;2*1H2/q;+1;;. The van der Waals surface area contributed by atoms with Crippen LogP contribution in [0.1, 0.15) is 58.3 Å².